The second-order valence-corrected chi connectivity index (χ2v) is 4.43. The lowest BCUT2D eigenvalue weighted by molar-refractivity contribution is 0.196. The van der Waals surface area contributed by atoms with Gasteiger partial charge in [-0.1, -0.05) is 6.07 Å². The molecular weight excluding hydrogens is 252 g/mol. The van der Waals surface area contributed by atoms with Crippen LogP contribution in [0.4, 0.5) is 13.6 Å². The highest BCUT2D eigenvalue weighted by Gasteiger charge is 2.36. The lowest BCUT2D eigenvalue weighted by Gasteiger charge is -2.18. The first-order valence-electron chi connectivity index (χ1n) is 5.88. The number of amides is 2. The van der Waals surface area contributed by atoms with E-state index < -0.39 is 17.7 Å². The molecule has 1 fully saturated rings. The smallest absolute Gasteiger partial charge is 0.320 e. The first-order chi connectivity index (χ1) is 9.04. The average Bonchev–Trinajstić information content (AvgIpc) is 2.64. The quantitative estimate of drug-likeness (QED) is 0.841. The molecule has 6 heteroatoms. The summed E-state index contributed by atoms with van der Waals surface area (Å²) in [5.74, 6) is -1.30. The standard InChI is InChI=1S/C13H13F2N3O/c1-17-12(8-18(13(17)19)6-2-5-16)10-4-3-9(14)7-11(10)15/h3-4,7,12H,2,6,8H2,1H3. The number of nitrogens with zero attached hydrogens (tertiary/aromatic N) is 3. The number of halogens is 2. The highest BCUT2D eigenvalue weighted by molar-refractivity contribution is 5.77. The van der Waals surface area contributed by atoms with Gasteiger partial charge >= 0.3 is 6.03 Å². The summed E-state index contributed by atoms with van der Waals surface area (Å²) in [6.45, 7) is 0.624. The molecule has 0 N–H and O–H groups in total. The van der Waals surface area contributed by atoms with Gasteiger partial charge in [0.2, 0.25) is 0 Å². The Bertz CT molecular complexity index is 541. The molecule has 0 spiro atoms. The summed E-state index contributed by atoms with van der Waals surface area (Å²) in [5, 5.41) is 8.53. The lowest BCUT2D eigenvalue weighted by Crippen LogP contribution is -2.30. The molecule has 4 nitrogen and oxygen atoms in total. The normalized spacial score (nSPS) is 18.8. The van der Waals surface area contributed by atoms with Gasteiger partial charge in [0.15, 0.2) is 0 Å². The molecule has 0 bridgehead atoms. The van der Waals surface area contributed by atoms with E-state index in [0.29, 0.717) is 13.1 Å². The number of hydrogen-bond donors (Lipinski definition) is 0. The van der Waals surface area contributed by atoms with Gasteiger partial charge in [-0.3, -0.25) is 0 Å². The van der Waals surface area contributed by atoms with E-state index in [4.69, 9.17) is 5.26 Å². The molecule has 1 aromatic carbocycles. The summed E-state index contributed by atoms with van der Waals surface area (Å²) in [7, 11) is 1.57. The number of carbonyl (C=O) groups excluding carboxylic acids is 1. The second kappa shape index (κ2) is 5.22. The van der Waals surface area contributed by atoms with E-state index in [1.54, 1.807) is 7.05 Å². The maximum atomic E-state index is 13.7. The molecule has 1 unspecified atom stereocenters. The fraction of sp³-hybridized carbons (Fsp3) is 0.385. The summed E-state index contributed by atoms with van der Waals surface area (Å²) in [4.78, 5) is 14.8. The highest BCUT2D eigenvalue weighted by Crippen LogP contribution is 2.30. The zero-order valence-corrected chi connectivity index (χ0v) is 10.4. The monoisotopic (exact) mass is 265 g/mol. The fourth-order valence-corrected chi connectivity index (χ4v) is 2.22. The average molecular weight is 265 g/mol. The summed E-state index contributed by atoms with van der Waals surface area (Å²) < 4.78 is 26.6. The van der Waals surface area contributed by atoms with Crippen LogP contribution in [0.5, 0.6) is 0 Å². The zero-order valence-electron chi connectivity index (χ0n) is 10.4. The van der Waals surface area contributed by atoms with Crippen LogP contribution in [0.25, 0.3) is 0 Å². The van der Waals surface area contributed by atoms with Crippen LogP contribution >= 0.6 is 0 Å². The first-order valence-corrected chi connectivity index (χ1v) is 5.88. The molecule has 1 aromatic rings. The number of benzene rings is 1. The number of nitriles is 1. The van der Waals surface area contributed by atoms with Gasteiger partial charge in [0.25, 0.3) is 0 Å². The van der Waals surface area contributed by atoms with Crippen molar-refractivity contribution in [3.8, 4) is 6.07 Å². The third-order valence-electron chi connectivity index (χ3n) is 3.25. The minimum atomic E-state index is -0.660. The Morgan fingerprint density at radius 3 is 2.84 bits per heavy atom. The van der Waals surface area contributed by atoms with E-state index in [1.165, 1.54) is 21.9 Å². The number of hydrogen-bond acceptors (Lipinski definition) is 2. The summed E-state index contributed by atoms with van der Waals surface area (Å²) >= 11 is 0. The lowest BCUT2D eigenvalue weighted by atomic mass is 10.1. The summed E-state index contributed by atoms with van der Waals surface area (Å²) in [6, 6.07) is 4.61. The van der Waals surface area contributed by atoms with Gasteiger partial charge in [0.05, 0.1) is 18.5 Å². The van der Waals surface area contributed by atoms with Crippen LogP contribution < -0.4 is 0 Å². The first kappa shape index (κ1) is 13.3. The van der Waals surface area contributed by atoms with E-state index in [2.05, 4.69) is 0 Å². The van der Waals surface area contributed by atoms with Crippen molar-refractivity contribution in [2.45, 2.75) is 12.5 Å². The minimum Gasteiger partial charge on any atom is -0.321 e. The van der Waals surface area contributed by atoms with Crippen molar-refractivity contribution >= 4 is 6.03 Å². The Morgan fingerprint density at radius 1 is 1.47 bits per heavy atom. The number of urea groups is 1. The van der Waals surface area contributed by atoms with Gasteiger partial charge in [0.1, 0.15) is 11.6 Å². The van der Waals surface area contributed by atoms with Crippen molar-refractivity contribution in [3.05, 3.63) is 35.4 Å². The van der Waals surface area contributed by atoms with Crippen molar-refractivity contribution in [1.82, 2.24) is 9.80 Å². The SMILES string of the molecule is CN1C(=O)N(CCC#N)CC1c1ccc(F)cc1F. The molecule has 2 rings (SSSR count). The summed E-state index contributed by atoms with van der Waals surface area (Å²) in [6.07, 6.45) is 0.234. The fourth-order valence-electron chi connectivity index (χ4n) is 2.22. The Labute approximate surface area is 109 Å². The minimum absolute atomic E-state index is 0.234. The molecule has 0 saturated carbocycles. The van der Waals surface area contributed by atoms with Crippen LogP contribution in [0.15, 0.2) is 18.2 Å². The van der Waals surface area contributed by atoms with Crippen LogP contribution in [0.3, 0.4) is 0 Å². The third-order valence-corrected chi connectivity index (χ3v) is 3.25. The van der Waals surface area contributed by atoms with Crippen molar-refractivity contribution < 1.29 is 13.6 Å². The van der Waals surface area contributed by atoms with Gasteiger partial charge in [0, 0.05) is 31.8 Å². The van der Waals surface area contributed by atoms with E-state index in [0.717, 1.165) is 6.07 Å². The second-order valence-electron chi connectivity index (χ2n) is 4.43. The highest BCUT2D eigenvalue weighted by atomic mass is 19.1. The van der Waals surface area contributed by atoms with Gasteiger partial charge in [-0.05, 0) is 6.07 Å². The molecular formula is C13H13F2N3O. The predicted molar refractivity (Wildman–Crippen MR) is 64.1 cm³/mol. The molecule has 100 valence electrons. The molecule has 0 aromatic heterocycles. The van der Waals surface area contributed by atoms with Gasteiger partial charge in [-0.2, -0.15) is 5.26 Å². The maximum Gasteiger partial charge on any atom is 0.320 e. The molecule has 1 aliphatic rings. The number of likely N-dealkylation sites (N-methyl/N-ethyl adjacent to an activating group) is 1. The van der Waals surface area contributed by atoms with E-state index in [1.807, 2.05) is 6.07 Å². The Kier molecular flexibility index (Phi) is 3.65. The summed E-state index contributed by atoms with van der Waals surface area (Å²) in [5.41, 5.74) is 0.289. The molecule has 0 aliphatic carbocycles. The predicted octanol–water partition coefficient (Wildman–Crippen LogP) is 2.29. The van der Waals surface area contributed by atoms with Crippen LogP contribution in [0, 0.1) is 23.0 Å². The molecule has 1 heterocycles. The Hall–Kier alpha value is -2.16. The van der Waals surface area contributed by atoms with Crippen molar-refractivity contribution in [2.75, 3.05) is 20.1 Å². The van der Waals surface area contributed by atoms with Gasteiger partial charge < -0.3 is 9.80 Å². The number of carbonyl (C=O) groups is 1. The van der Waals surface area contributed by atoms with Crippen LogP contribution in [0.1, 0.15) is 18.0 Å². The largest absolute Gasteiger partial charge is 0.321 e. The van der Waals surface area contributed by atoms with E-state index >= 15 is 0 Å². The van der Waals surface area contributed by atoms with E-state index in [9.17, 15) is 13.6 Å². The number of rotatable bonds is 3. The topological polar surface area (TPSA) is 47.3 Å². The molecule has 1 atom stereocenters. The van der Waals surface area contributed by atoms with Crippen molar-refractivity contribution in [3.63, 3.8) is 0 Å². The van der Waals surface area contributed by atoms with Gasteiger partial charge in [-0.15, -0.1) is 0 Å². The van der Waals surface area contributed by atoms with Crippen LogP contribution in [-0.4, -0.2) is 36.0 Å². The molecule has 1 saturated heterocycles. The van der Waals surface area contributed by atoms with Gasteiger partial charge in [-0.25, -0.2) is 13.6 Å². The molecule has 1 aliphatic heterocycles. The van der Waals surface area contributed by atoms with Crippen molar-refractivity contribution in [1.29, 1.82) is 5.26 Å². The maximum absolute atomic E-state index is 13.7. The van der Waals surface area contributed by atoms with Crippen LogP contribution in [0.2, 0.25) is 0 Å². The third kappa shape index (κ3) is 2.50. The molecule has 2 amide bonds. The Balaban J connectivity index is 2.22. The zero-order chi connectivity index (χ0) is 14.0. The van der Waals surface area contributed by atoms with E-state index in [-0.39, 0.29) is 18.0 Å². The Morgan fingerprint density at radius 2 is 2.21 bits per heavy atom. The molecule has 0 radical (unpaired) electrons. The van der Waals surface area contributed by atoms with Crippen molar-refractivity contribution in [2.24, 2.45) is 0 Å². The van der Waals surface area contributed by atoms with Crippen LogP contribution in [-0.2, 0) is 0 Å². The molecule has 19 heavy (non-hydrogen) atoms.